The fourth-order valence-corrected chi connectivity index (χ4v) is 1.37. The van der Waals surface area contributed by atoms with Crippen molar-refractivity contribution in [2.24, 2.45) is 17.4 Å². The smallest absolute Gasteiger partial charge is 0.00746 e. The van der Waals surface area contributed by atoms with Crippen LogP contribution < -0.4 is 11.5 Å². The summed E-state index contributed by atoms with van der Waals surface area (Å²) in [5.74, 6) is 0.839. The van der Waals surface area contributed by atoms with Gasteiger partial charge in [-0.05, 0) is 31.8 Å². The summed E-state index contributed by atoms with van der Waals surface area (Å²) in [6.07, 6.45) is 6.20. The van der Waals surface area contributed by atoms with Crippen molar-refractivity contribution in [1.82, 2.24) is 0 Å². The molecule has 0 amide bonds. The van der Waals surface area contributed by atoms with Crippen LogP contribution in [0.2, 0.25) is 0 Å². The SMILES string of the molecule is CCC(CCN)CCCCN. The molecular weight excluding hydrogens is 136 g/mol. The lowest BCUT2D eigenvalue weighted by Crippen LogP contribution is -2.08. The van der Waals surface area contributed by atoms with Gasteiger partial charge < -0.3 is 11.5 Å². The van der Waals surface area contributed by atoms with E-state index in [4.69, 9.17) is 11.5 Å². The summed E-state index contributed by atoms with van der Waals surface area (Å²) in [6.45, 7) is 3.91. The maximum Gasteiger partial charge on any atom is -0.00746 e. The van der Waals surface area contributed by atoms with Gasteiger partial charge in [-0.3, -0.25) is 0 Å². The van der Waals surface area contributed by atoms with E-state index in [1.165, 1.54) is 32.1 Å². The first-order chi connectivity index (χ1) is 5.35. The molecule has 2 heteroatoms. The Bertz CT molecular complexity index is 74.0. The molecule has 11 heavy (non-hydrogen) atoms. The van der Waals surface area contributed by atoms with E-state index in [0.717, 1.165) is 19.0 Å². The minimum atomic E-state index is 0.832. The molecule has 2 nitrogen and oxygen atoms in total. The van der Waals surface area contributed by atoms with Crippen molar-refractivity contribution in [3.05, 3.63) is 0 Å². The molecule has 0 rings (SSSR count). The molecule has 0 aromatic heterocycles. The number of unbranched alkanes of at least 4 members (excludes halogenated alkanes) is 1. The molecule has 4 N–H and O–H groups in total. The number of hydrogen-bond acceptors (Lipinski definition) is 2. The van der Waals surface area contributed by atoms with Crippen molar-refractivity contribution in [2.75, 3.05) is 13.1 Å². The maximum absolute atomic E-state index is 5.48. The third-order valence-corrected chi connectivity index (χ3v) is 2.22. The summed E-state index contributed by atoms with van der Waals surface area (Å²) in [5.41, 5.74) is 10.9. The fourth-order valence-electron chi connectivity index (χ4n) is 1.37. The van der Waals surface area contributed by atoms with Crippen LogP contribution in [-0.4, -0.2) is 13.1 Å². The van der Waals surface area contributed by atoms with Crippen LogP contribution >= 0.6 is 0 Å². The third-order valence-electron chi connectivity index (χ3n) is 2.22. The van der Waals surface area contributed by atoms with Gasteiger partial charge in [-0.25, -0.2) is 0 Å². The van der Waals surface area contributed by atoms with E-state index in [1.54, 1.807) is 0 Å². The molecule has 0 fully saturated rings. The third kappa shape index (κ3) is 6.32. The van der Waals surface area contributed by atoms with Crippen molar-refractivity contribution in [1.29, 1.82) is 0 Å². The lowest BCUT2D eigenvalue weighted by molar-refractivity contribution is 0.424. The van der Waals surface area contributed by atoms with Crippen molar-refractivity contribution < 1.29 is 0 Å². The van der Waals surface area contributed by atoms with E-state index in [-0.39, 0.29) is 0 Å². The second-order valence-corrected chi connectivity index (χ2v) is 3.14. The van der Waals surface area contributed by atoms with E-state index in [0.29, 0.717) is 0 Å². The van der Waals surface area contributed by atoms with Gasteiger partial charge in [0.2, 0.25) is 0 Å². The highest BCUT2D eigenvalue weighted by Crippen LogP contribution is 2.14. The molecule has 0 saturated carbocycles. The molecule has 0 aromatic rings. The standard InChI is InChI=1S/C9H22N2/c1-2-9(6-8-11)5-3-4-7-10/h9H,2-8,10-11H2,1H3. The number of nitrogens with two attached hydrogens (primary N) is 2. The first kappa shape index (κ1) is 10.9. The number of hydrogen-bond donors (Lipinski definition) is 2. The van der Waals surface area contributed by atoms with Crippen molar-refractivity contribution >= 4 is 0 Å². The minimum absolute atomic E-state index is 0.832. The zero-order chi connectivity index (χ0) is 8.53. The lowest BCUT2D eigenvalue weighted by Gasteiger charge is -2.12. The first-order valence-electron chi connectivity index (χ1n) is 4.75. The molecule has 0 spiro atoms. The van der Waals surface area contributed by atoms with Gasteiger partial charge in [0.1, 0.15) is 0 Å². The van der Waals surface area contributed by atoms with E-state index >= 15 is 0 Å². The Labute approximate surface area is 70.3 Å². The summed E-state index contributed by atoms with van der Waals surface area (Å²) in [6, 6.07) is 0. The molecule has 0 aliphatic carbocycles. The minimum Gasteiger partial charge on any atom is -0.330 e. The maximum atomic E-state index is 5.48. The predicted octanol–water partition coefficient (Wildman–Crippen LogP) is 1.49. The molecule has 0 aliphatic rings. The Kier molecular flexibility index (Phi) is 7.96. The topological polar surface area (TPSA) is 52.0 Å². The average molecular weight is 158 g/mol. The first-order valence-corrected chi connectivity index (χ1v) is 4.75. The van der Waals surface area contributed by atoms with Crippen LogP contribution in [0.1, 0.15) is 39.0 Å². The zero-order valence-corrected chi connectivity index (χ0v) is 7.68. The van der Waals surface area contributed by atoms with E-state index in [9.17, 15) is 0 Å². The van der Waals surface area contributed by atoms with Crippen LogP contribution in [0.3, 0.4) is 0 Å². The molecule has 68 valence electrons. The van der Waals surface area contributed by atoms with Gasteiger partial charge >= 0.3 is 0 Å². The van der Waals surface area contributed by atoms with Gasteiger partial charge in [0.25, 0.3) is 0 Å². The van der Waals surface area contributed by atoms with Gasteiger partial charge in [0, 0.05) is 0 Å². The van der Waals surface area contributed by atoms with Gasteiger partial charge in [0.15, 0.2) is 0 Å². The normalized spacial score (nSPS) is 13.4. The Hall–Kier alpha value is -0.0800. The van der Waals surface area contributed by atoms with Crippen molar-refractivity contribution in [2.45, 2.75) is 39.0 Å². The molecule has 1 atom stereocenters. The Morgan fingerprint density at radius 3 is 2.18 bits per heavy atom. The van der Waals surface area contributed by atoms with Crippen molar-refractivity contribution in [3.63, 3.8) is 0 Å². The van der Waals surface area contributed by atoms with Crippen LogP contribution in [0.4, 0.5) is 0 Å². The predicted molar refractivity (Wildman–Crippen MR) is 50.4 cm³/mol. The molecule has 0 aliphatic heterocycles. The van der Waals surface area contributed by atoms with Gasteiger partial charge in [-0.15, -0.1) is 0 Å². The summed E-state index contributed by atoms with van der Waals surface area (Å²) >= 11 is 0. The largest absolute Gasteiger partial charge is 0.330 e. The molecule has 1 unspecified atom stereocenters. The van der Waals surface area contributed by atoms with E-state index < -0.39 is 0 Å². The summed E-state index contributed by atoms with van der Waals surface area (Å²) < 4.78 is 0. The number of rotatable bonds is 7. The average Bonchev–Trinajstić information content (AvgIpc) is 2.03. The Morgan fingerprint density at radius 2 is 1.73 bits per heavy atom. The van der Waals surface area contributed by atoms with Gasteiger partial charge in [0.05, 0.1) is 0 Å². The summed E-state index contributed by atoms with van der Waals surface area (Å²) in [5, 5.41) is 0. The fraction of sp³-hybridized carbons (Fsp3) is 1.00. The lowest BCUT2D eigenvalue weighted by atomic mass is 9.96. The molecule has 0 heterocycles. The highest BCUT2D eigenvalue weighted by Gasteiger charge is 2.03. The Balaban J connectivity index is 3.20. The van der Waals surface area contributed by atoms with Crippen LogP contribution in [0.25, 0.3) is 0 Å². The van der Waals surface area contributed by atoms with Crippen LogP contribution in [0.5, 0.6) is 0 Å². The summed E-state index contributed by atoms with van der Waals surface area (Å²) in [7, 11) is 0. The quantitative estimate of drug-likeness (QED) is 0.551. The molecule has 0 saturated heterocycles. The second kappa shape index (κ2) is 8.02. The van der Waals surface area contributed by atoms with Crippen molar-refractivity contribution in [3.8, 4) is 0 Å². The highest BCUT2D eigenvalue weighted by molar-refractivity contribution is 4.58. The van der Waals surface area contributed by atoms with Crippen LogP contribution in [-0.2, 0) is 0 Å². The van der Waals surface area contributed by atoms with Gasteiger partial charge in [-0.1, -0.05) is 26.2 Å². The molecule has 0 radical (unpaired) electrons. The van der Waals surface area contributed by atoms with Crippen LogP contribution in [0.15, 0.2) is 0 Å². The Morgan fingerprint density at radius 1 is 1.00 bits per heavy atom. The zero-order valence-electron chi connectivity index (χ0n) is 7.68. The van der Waals surface area contributed by atoms with Crippen LogP contribution in [0, 0.1) is 5.92 Å². The van der Waals surface area contributed by atoms with E-state index in [1.807, 2.05) is 0 Å². The van der Waals surface area contributed by atoms with E-state index in [2.05, 4.69) is 6.92 Å². The summed E-state index contributed by atoms with van der Waals surface area (Å²) in [4.78, 5) is 0. The molecule has 0 bridgehead atoms. The second-order valence-electron chi connectivity index (χ2n) is 3.14. The highest BCUT2D eigenvalue weighted by atomic mass is 14.5. The molecular formula is C9H22N2. The van der Waals surface area contributed by atoms with Gasteiger partial charge in [-0.2, -0.15) is 0 Å². The monoisotopic (exact) mass is 158 g/mol. The molecule has 0 aromatic carbocycles.